The number of nitrogens with one attached hydrogen (secondary N) is 1. The van der Waals surface area contributed by atoms with Gasteiger partial charge in [-0.2, -0.15) is 0 Å². The first-order valence-electron chi connectivity index (χ1n) is 7.92. The highest BCUT2D eigenvalue weighted by molar-refractivity contribution is 5.27. The van der Waals surface area contributed by atoms with Crippen LogP contribution in [0.25, 0.3) is 0 Å². The smallest absolute Gasteiger partial charge is 0.119 e. The molecule has 22 heavy (non-hydrogen) atoms. The normalized spacial score (nSPS) is 10.6. The Morgan fingerprint density at radius 2 is 1.64 bits per heavy atom. The average molecular weight is 299 g/mol. The summed E-state index contributed by atoms with van der Waals surface area (Å²) in [6.45, 7) is 5.82. The lowest BCUT2D eigenvalue weighted by atomic mass is 10.1. The summed E-state index contributed by atoms with van der Waals surface area (Å²) in [5.41, 5.74) is 2.64. The van der Waals surface area contributed by atoms with Crippen LogP contribution in [0.5, 0.6) is 5.75 Å². The summed E-state index contributed by atoms with van der Waals surface area (Å²) in [6, 6.07) is 18.8. The summed E-state index contributed by atoms with van der Waals surface area (Å²) in [6.07, 6.45) is 1.06. The van der Waals surface area contributed by atoms with E-state index < -0.39 is 0 Å². The third kappa shape index (κ3) is 6.29. The second-order valence-electron chi connectivity index (χ2n) is 5.10. The van der Waals surface area contributed by atoms with E-state index in [2.05, 4.69) is 47.8 Å². The predicted octanol–water partition coefficient (Wildman–Crippen LogP) is 3.43. The molecule has 0 spiro atoms. The largest absolute Gasteiger partial charge is 0.491 e. The highest BCUT2D eigenvalue weighted by Crippen LogP contribution is 2.12. The summed E-state index contributed by atoms with van der Waals surface area (Å²) < 4.78 is 10.8. The second kappa shape index (κ2) is 9.98. The van der Waals surface area contributed by atoms with Crippen LogP contribution in [0.1, 0.15) is 18.1 Å². The van der Waals surface area contributed by atoms with E-state index in [4.69, 9.17) is 9.47 Å². The van der Waals surface area contributed by atoms with Crippen molar-refractivity contribution in [2.45, 2.75) is 19.9 Å². The first-order chi connectivity index (χ1) is 10.9. The lowest BCUT2D eigenvalue weighted by Crippen LogP contribution is -2.16. The Balaban J connectivity index is 1.63. The van der Waals surface area contributed by atoms with Gasteiger partial charge in [0.1, 0.15) is 12.4 Å². The van der Waals surface area contributed by atoms with Crippen LogP contribution in [0.3, 0.4) is 0 Å². The van der Waals surface area contributed by atoms with Gasteiger partial charge in [0.05, 0.1) is 6.61 Å². The van der Waals surface area contributed by atoms with E-state index in [0.29, 0.717) is 13.2 Å². The van der Waals surface area contributed by atoms with Gasteiger partial charge < -0.3 is 14.8 Å². The molecule has 0 radical (unpaired) electrons. The van der Waals surface area contributed by atoms with E-state index in [-0.39, 0.29) is 0 Å². The fourth-order valence-corrected chi connectivity index (χ4v) is 2.18. The minimum Gasteiger partial charge on any atom is -0.491 e. The minimum atomic E-state index is 0.600. The van der Waals surface area contributed by atoms with Gasteiger partial charge in [0.25, 0.3) is 0 Å². The monoisotopic (exact) mass is 299 g/mol. The molecule has 0 amide bonds. The predicted molar refractivity (Wildman–Crippen MR) is 90.3 cm³/mol. The van der Waals surface area contributed by atoms with Crippen molar-refractivity contribution in [3.63, 3.8) is 0 Å². The molecule has 1 N–H and O–H groups in total. The van der Waals surface area contributed by atoms with Gasteiger partial charge in [-0.05, 0) is 43.1 Å². The molecule has 0 saturated heterocycles. The van der Waals surface area contributed by atoms with Crippen molar-refractivity contribution in [1.29, 1.82) is 0 Å². The Hall–Kier alpha value is -1.84. The molecule has 0 heterocycles. The highest BCUT2D eigenvalue weighted by Gasteiger charge is 1.97. The van der Waals surface area contributed by atoms with Gasteiger partial charge in [-0.1, -0.05) is 42.5 Å². The van der Waals surface area contributed by atoms with Crippen molar-refractivity contribution < 1.29 is 9.47 Å². The van der Waals surface area contributed by atoms with Crippen molar-refractivity contribution in [3.05, 3.63) is 65.7 Å². The molecule has 3 heteroatoms. The van der Waals surface area contributed by atoms with E-state index in [9.17, 15) is 0 Å². The zero-order chi connectivity index (χ0) is 15.5. The molecule has 0 unspecified atom stereocenters. The van der Waals surface area contributed by atoms with Crippen LogP contribution in [-0.2, 0) is 17.7 Å². The van der Waals surface area contributed by atoms with Crippen LogP contribution < -0.4 is 10.1 Å². The molecule has 2 aromatic rings. The topological polar surface area (TPSA) is 30.5 Å². The van der Waals surface area contributed by atoms with Crippen molar-refractivity contribution in [2.24, 2.45) is 0 Å². The van der Waals surface area contributed by atoms with Gasteiger partial charge in [-0.15, -0.1) is 0 Å². The zero-order valence-corrected chi connectivity index (χ0v) is 13.3. The number of ether oxygens (including phenoxy) is 2. The second-order valence-corrected chi connectivity index (χ2v) is 5.10. The average Bonchev–Trinajstić information content (AvgIpc) is 2.58. The van der Waals surface area contributed by atoms with Gasteiger partial charge in [0, 0.05) is 13.2 Å². The zero-order valence-electron chi connectivity index (χ0n) is 13.3. The number of rotatable bonds is 10. The fraction of sp³-hybridized carbons (Fsp3) is 0.368. The molecule has 0 aliphatic rings. The molecule has 2 rings (SSSR count). The van der Waals surface area contributed by atoms with Crippen molar-refractivity contribution >= 4 is 0 Å². The number of benzene rings is 2. The van der Waals surface area contributed by atoms with Crippen LogP contribution in [-0.4, -0.2) is 26.4 Å². The molecule has 2 aromatic carbocycles. The molecular formula is C19H25NO2. The third-order valence-electron chi connectivity index (χ3n) is 3.39. The SMILES string of the molecule is CCOCCOc1ccc(CNCCc2ccccc2)cc1. The molecule has 118 valence electrons. The van der Waals surface area contributed by atoms with E-state index in [1.54, 1.807) is 0 Å². The van der Waals surface area contributed by atoms with Crippen molar-refractivity contribution in [2.75, 3.05) is 26.4 Å². The molecule has 0 atom stereocenters. The Morgan fingerprint density at radius 1 is 0.864 bits per heavy atom. The van der Waals surface area contributed by atoms with Gasteiger partial charge >= 0.3 is 0 Å². The van der Waals surface area contributed by atoms with E-state index in [1.165, 1.54) is 11.1 Å². The molecule has 0 aromatic heterocycles. The number of hydrogen-bond acceptors (Lipinski definition) is 3. The van der Waals surface area contributed by atoms with E-state index in [1.807, 2.05) is 19.1 Å². The van der Waals surface area contributed by atoms with Gasteiger partial charge in [0.2, 0.25) is 0 Å². The standard InChI is InChI=1S/C19H25NO2/c1-2-21-14-15-22-19-10-8-18(9-11-19)16-20-13-12-17-6-4-3-5-7-17/h3-11,20H,2,12-16H2,1H3. The molecule has 0 fully saturated rings. The van der Waals surface area contributed by atoms with E-state index >= 15 is 0 Å². The van der Waals surface area contributed by atoms with Crippen LogP contribution in [0.15, 0.2) is 54.6 Å². The first-order valence-corrected chi connectivity index (χ1v) is 7.92. The Morgan fingerprint density at radius 3 is 2.36 bits per heavy atom. The molecule has 0 saturated carbocycles. The van der Waals surface area contributed by atoms with E-state index in [0.717, 1.165) is 31.9 Å². The quantitative estimate of drug-likeness (QED) is 0.682. The summed E-state index contributed by atoms with van der Waals surface area (Å²) in [4.78, 5) is 0. The van der Waals surface area contributed by atoms with Gasteiger partial charge in [0.15, 0.2) is 0 Å². The Labute approximate surface area is 133 Å². The summed E-state index contributed by atoms with van der Waals surface area (Å²) >= 11 is 0. The van der Waals surface area contributed by atoms with Gasteiger partial charge in [-0.25, -0.2) is 0 Å². The fourth-order valence-electron chi connectivity index (χ4n) is 2.18. The highest BCUT2D eigenvalue weighted by atomic mass is 16.5. The maximum Gasteiger partial charge on any atom is 0.119 e. The molecule has 3 nitrogen and oxygen atoms in total. The molecule has 0 bridgehead atoms. The Kier molecular flexibility index (Phi) is 7.50. The summed E-state index contributed by atoms with van der Waals surface area (Å²) in [5, 5.41) is 3.47. The summed E-state index contributed by atoms with van der Waals surface area (Å²) in [7, 11) is 0. The third-order valence-corrected chi connectivity index (χ3v) is 3.39. The Bertz CT molecular complexity index is 511. The number of hydrogen-bond donors (Lipinski definition) is 1. The molecular weight excluding hydrogens is 274 g/mol. The molecule has 0 aliphatic heterocycles. The van der Waals surface area contributed by atoms with Gasteiger partial charge in [-0.3, -0.25) is 0 Å². The first kappa shape index (κ1) is 16.5. The van der Waals surface area contributed by atoms with Crippen molar-refractivity contribution in [1.82, 2.24) is 5.32 Å². The lowest BCUT2D eigenvalue weighted by Gasteiger charge is -2.08. The maximum absolute atomic E-state index is 5.60. The minimum absolute atomic E-state index is 0.600. The van der Waals surface area contributed by atoms with Crippen LogP contribution in [0.2, 0.25) is 0 Å². The molecule has 0 aliphatic carbocycles. The van der Waals surface area contributed by atoms with Crippen LogP contribution in [0, 0.1) is 0 Å². The lowest BCUT2D eigenvalue weighted by molar-refractivity contribution is 0.110. The van der Waals surface area contributed by atoms with Crippen LogP contribution in [0.4, 0.5) is 0 Å². The van der Waals surface area contributed by atoms with Crippen molar-refractivity contribution in [3.8, 4) is 5.75 Å². The van der Waals surface area contributed by atoms with Crippen LogP contribution >= 0.6 is 0 Å². The maximum atomic E-state index is 5.60. The summed E-state index contributed by atoms with van der Waals surface area (Å²) in [5.74, 6) is 0.896.